The molecule has 1 aliphatic rings. The summed E-state index contributed by atoms with van der Waals surface area (Å²) in [6.07, 6.45) is 0.479. The molecule has 3 rings (SSSR count). The summed E-state index contributed by atoms with van der Waals surface area (Å²) in [4.78, 5) is 38.2. The number of aliphatic hydroxyl groups is 1. The molecule has 1 amide bonds. The Morgan fingerprint density at radius 1 is 1.11 bits per heavy atom. The fourth-order valence-corrected chi connectivity index (χ4v) is 3.96. The number of benzene rings is 2. The normalized spacial score (nSPS) is 17.2. The molecule has 1 heterocycles. The van der Waals surface area contributed by atoms with E-state index < -0.39 is 28.4 Å². The molecule has 0 aromatic heterocycles. The quantitative estimate of drug-likeness (QED) is 0.134. The maximum atomic E-state index is 13.1. The first-order valence-corrected chi connectivity index (χ1v) is 11.1. The van der Waals surface area contributed by atoms with Crippen LogP contribution in [0.25, 0.3) is 5.76 Å². The molecular weight excluding hydrogens is 456 g/mol. The van der Waals surface area contributed by atoms with Gasteiger partial charge in [0, 0.05) is 30.8 Å². The van der Waals surface area contributed by atoms with Gasteiger partial charge in [0.25, 0.3) is 17.4 Å². The number of nitro groups is 1. The first-order valence-electron chi connectivity index (χ1n) is 11.1. The zero-order valence-electron chi connectivity index (χ0n) is 20.0. The highest BCUT2D eigenvalue weighted by molar-refractivity contribution is 6.46. The van der Waals surface area contributed by atoms with E-state index in [1.165, 1.54) is 37.3 Å². The van der Waals surface area contributed by atoms with Gasteiger partial charge in [-0.1, -0.05) is 18.2 Å². The number of amides is 1. The van der Waals surface area contributed by atoms with Gasteiger partial charge in [0.05, 0.1) is 36.9 Å². The van der Waals surface area contributed by atoms with Crippen LogP contribution < -0.4 is 9.47 Å². The number of non-ortho nitro benzene ring substituents is 1. The third kappa shape index (κ3) is 5.43. The Balaban J connectivity index is 2.12. The highest BCUT2D eigenvalue weighted by Gasteiger charge is 2.46. The highest BCUT2D eigenvalue weighted by atomic mass is 16.6. The molecule has 2 aromatic rings. The molecule has 0 bridgehead atoms. The third-order valence-corrected chi connectivity index (χ3v) is 5.59. The Morgan fingerprint density at radius 3 is 2.46 bits per heavy atom. The molecule has 1 atom stereocenters. The molecule has 10 heteroatoms. The van der Waals surface area contributed by atoms with E-state index in [-0.39, 0.29) is 29.5 Å². The minimum absolute atomic E-state index is 0.0148. The van der Waals surface area contributed by atoms with Gasteiger partial charge in [0.2, 0.25) is 0 Å². The summed E-state index contributed by atoms with van der Waals surface area (Å²) in [6.45, 7) is 4.37. The molecular formula is C25H28N2O8. The first kappa shape index (κ1) is 25.7. The van der Waals surface area contributed by atoms with Crippen LogP contribution in [0.15, 0.2) is 48.0 Å². The topological polar surface area (TPSA) is 128 Å². The molecule has 186 valence electrons. The Hall–Kier alpha value is -3.92. The summed E-state index contributed by atoms with van der Waals surface area (Å²) in [5, 5.41) is 22.3. The maximum absolute atomic E-state index is 13.1. The number of rotatable bonds is 10. The number of carbonyl (C=O) groups excluding carboxylic acids is 2. The fourth-order valence-electron chi connectivity index (χ4n) is 3.96. The Labute approximate surface area is 202 Å². The Kier molecular flexibility index (Phi) is 8.08. The van der Waals surface area contributed by atoms with Gasteiger partial charge in [0.15, 0.2) is 11.5 Å². The number of aliphatic hydroxyl groups excluding tert-OH is 1. The summed E-state index contributed by atoms with van der Waals surface area (Å²) in [5.41, 5.74) is 0.161. The molecule has 1 fully saturated rings. The lowest BCUT2D eigenvalue weighted by atomic mass is 9.94. The molecule has 0 radical (unpaired) electrons. The van der Waals surface area contributed by atoms with Gasteiger partial charge in [-0.15, -0.1) is 0 Å². The average molecular weight is 485 g/mol. The lowest BCUT2D eigenvalue weighted by Crippen LogP contribution is -2.31. The van der Waals surface area contributed by atoms with Crippen molar-refractivity contribution in [1.29, 1.82) is 0 Å². The number of nitrogens with zero attached hydrogens (tertiary/aromatic N) is 2. The van der Waals surface area contributed by atoms with Gasteiger partial charge in [-0.2, -0.15) is 0 Å². The molecule has 1 N–H and O–H groups in total. The predicted molar refractivity (Wildman–Crippen MR) is 127 cm³/mol. The van der Waals surface area contributed by atoms with Crippen LogP contribution in [0.4, 0.5) is 5.69 Å². The van der Waals surface area contributed by atoms with E-state index in [1.54, 1.807) is 18.2 Å². The van der Waals surface area contributed by atoms with Crippen molar-refractivity contribution in [1.82, 2.24) is 4.90 Å². The molecule has 0 aliphatic carbocycles. The second-order valence-corrected chi connectivity index (χ2v) is 8.19. The van der Waals surface area contributed by atoms with Crippen LogP contribution in [0.1, 0.15) is 37.4 Å². The molecule has 1 saturated heterocycles. The van der Waals surface area contributed by atoms with Crippen LogP contribution in [0.2, 0.25) is 0 Å². The van der Waals surface area contributed by atoms with Crippen LogP contribution >= 0.6 is 0 Å². The number of ketones is 1. The van der Waals surface area contributed by atoms with E-state index in [0.717, 1.165) is 6.07 Å². The van der Waals surface area contributed by atoms with Gasteiger partial charge < -0.3 is 24.2 Å². The molecule has 0 spiro atoms. The largest absolute Gasteiger partial charge is 0.507 e. The third-order valence-electron chi connectivity index (χ3n) is 5.59. The number of Topliss-reactive ketones (excluding diaryl/α,β-unsaturated/α-hetero) is 1. The molecule has 2 aromatic carbocycles. The van der Waals surface area contributed by atoms with Crippen molar-refractivity contribution in [3.05, 3.63) is 69.3 Å². The monoisotopic (exact) mass is 484 g/mol. The second-order valence-electron chi connectivity index (χ2n) is 8.19. The highest BCUT2D eigenvalue weighted by Crippen LogP contribution is 2.42. The fraction of sp³-hybridized carbons (Fsp3) is 0.360. The molecule has 10 nitrogen and oxygen atoms in total. The molecule has 1 aliphatic heterocycles. The number of hydrogen-bond donors (Lipinski definition) is 1. The minimum Gasteiger partial charge on any atom is -0.507 e. The number of likely N-dealkylation sites (tertiary alicyclic amines) is 1. The van der Waals surface area contributed by atoms with Crippen molar-refractivity contribution < 1.29 is 33.8 Å². The first-order chi connectivity index (χ1) is 16.7. The summed E-state index contributed by atoms with van der Waals surface area (Å²) in [7, 11) is 2.95. The summed E-state index contributed by atoms with van der Waals surface area (Å²) >= 11 is 0. The Morgan fingerprint density at radius 2 is 1.83 bits per heavy atom. The maximum Gasteiger partial charge on any atom is 0.295 e. The van der Waals surface area contributed by atoms with Crippen molar-refractivity contribution in [2.45, 2.75) is 32.4 Å². The van der Waals surface area contributed by atoms with E-state index >= 15 is 0 Å². The van der Waals surface area contributed by atoms with Crippen LogP contribution in [0.5, 0.6) is 11.5 Å². The number of methoxy groups -OCH3 is 2. The predicted octanol–water partition coefficient (Wildman–Crippen LogP) is 3.85. The number of nitro benzene ring substituents is 1. The van der Waals surface area contributed by atoms with E-state index in [9.17, 15) is 24.8 Å². The summed E-state index contributed by atoms with van der Waals surface area (Å²) < 4.78 is 16.2. The van der Waals surface area contributed by atoms with Gasteiger partial charge in [-0.3, -0.25) is 19.7 Å². The van der Waals surface area contributed by atoms with E-state index in [0.29, 0.717) is 30.1 Å². The standard InChI is InChI=1S/C25H28N2O8/c1-15(2)35-12-6-11-26-22(16-9-10-19(33-3)20(14-16)34-4)21(24(29)25(26)30)23(28)17-7-5-8-18(13-17)27(31)32/h5,7-10,13-15,22,28H,6,11-12H2,1-4H3/t22-/m0/s1. The van der Waals surface area contributed by atoms with E-state index in [2.05, 4.69) is 0 Å². The van der Waals surface area contributed by atoms with Crippen molar-refractivity contribution >= 4 is 23.1 Å². The van der Waals surface area contributed by atoms with Crippen molar-refractivity contribution in [3.63, 3.8) is 0 Å². The number of hydrogen-bond acceptors (Lipinski definition) is 8. The second kappa shape index (κ2) is 11.0. The minimum atomic E-state index is -0.937. The van der Waals surface area contributed by atoms with Gasteiger partial charge in [-0.05, 0) is 38.0 Å². The van der Waals surface area contributed by atoms with Crippen LogP contribution in [0, 0.1) is 10.1 Å². The van der Waals surface area contributed by atoms with Crippen molar-refractivity contribution in [3.8, 4) is 11.5 Å². The van der Waals surface area contributed by atoms with Gasteiger partial charge in [-0.25, -0.2) is 0 Å². The number of ether oxygens (including phenoxy) is 3. The lowest BCUT2D eigenvalue weighted by molar-refractivity contribution is -0.384. The van der Waals surface area contributed by atoms with E-state index in [1.807, 2.05) is 13.8 Å². The van der Waals surface area contributed by atoms with Crippen LogP contribution in [-0.4, -0.2) is 60.1 Å². The SMILES string of the molecule is COc1ccc([C@H]2C(=C(O)c3cccc([N+](=O)[O-])c3)C(=O)C(=O)N2CCCOC(C)C)cc1OC. The zero-order valence-corrected chi connectivity index (χ0v) is 20.0. The smallest absolute Gasteiger partial charge is 0.295 e. The molecule has 35 heavy (non-hydrogen) atoms. The van der Waals surface area contributed by atoms with Crippen molar-refractivity contribution in [2.75, 3.05) is 27.4 Å². The average Bonchev–Trinajstić information content (AvgIpc) is 3.10. The van der Waals surface area contributed by atoms with Crippen LogP contribution in [0.3, 0.4) is 0 Å². The van der Waals surface area contributed by atoms with Gasteiger partial charge in [0.1, 0.15) is 5.76 Å². The zero-order chi connectivity index (χ0) is 25.7. The summed E-state index contributed by atoms with van der Waals surface area (Å²) in [6, 6.07) is 9.29. The number of carbonyl (C=O) groups is 2. The van der Waals surface area contributed by atoms with Crippen LogP contribution in [-0.2, 0) is 14.3 Å². The molecule has 0 unspecified atom stereocenters. The van der Waals surface area contributed by atoms with Crippen molar-refractivity contribution in [2.24, 2.45) is 0 Å². The van der Waals surface area contributed by atoms with E-state index in [4.69, 9.17) is 14.2 Å². The molecule has 0 saturated carbocycles. The lowest BCUT2D eigenvalue weighted by Gasteiger charge is -2.26. The summed E-state index contributed by atoms with van der Waals surface area (Å²) in [5.74, 6) is -1.31. The van der Waals surface area contributed by atoms with Gasteiger partial charge >= 0.3 is 0 Å². The Bertz CT molecular complexity index is 1160.